The third-order valence-corrected chi connectivity index (χ3v) is 2.69. The van der Waals surface area contributed by atoms with Crippen LogP contribution in [0.15, 0.2) is 12.3 Å². The van der Waals surface area contributed by atoms with Crippen LogP contribution in [0.25, 0.3) is 0 Å². The second-order valence-electron chi connectivity index (χ2n) is 3.99. The first-order valence-corrected chi connectivity index (χ1v) is 5.49. The van der Waals surface area contributed by atoms with E-state index in [0.29, 0.717) is 5.92 Å². The highest BCUT2D eigenvalue weighted by molar-refractivity contribution is 4.97. The molecule has 0 amide bonds. The van der Waals surface area contributed by atoms with Gasteiger partial charge in [-0.25, -0.2) is 0 Å². The van der Waals surface area contributed by atoms with Crippen molar-refractivity contribution in [2.24, 2.45) is 5.92 Å². The number of hydrogen-bond donors (Lipinski definition) is 0. The third-order valence-electron chi connectivity index (χ3n) is 2.69. The molecule has 0 fully saturated rings. The second kappa shape index (κ2) is 6.99. The van der Waals surface area contributed by atoms with Gasteiger partial charge in [0.05, 0.1) is 0 Å². The van der Waals surface area contributed by atoms with E-state index in [1.807, 2.05) is 0 Å². The molecule has 1 unspecified atom stereocenters. The van der Waals surface area contributed by atoms with Gasteiger partial charge in [-0.15, -0.1) is 0 Å². The third kappa shape index (κ3) is 4.97. The van der Waals surface area contributed by atoms with Crippen LogP contribution in [0.5, 0.6) is 0 Å². The Labute approximate surface area is 83.8 Å². The fourth-order valence-corrected chi connectivity index (χ4v) is 1.61. The van der Waals surface area contributed by atoms with Crippen molar-refractivity contribution in [2.45, 2.75) is 46.0 Å². The van der Waals surface area contributed by atoms with Crippen molar-refractivity contribution >= 4 is 0 Å². The summed E-state index contributed by atoms with van der Waals surface area (Å²) in [5, 5.41) is 0. The van der Waals surface area contributed by atoms with Crippen LogP contribution in [0, 0.1) is 5.92 Å². The van der Waals surface area contributed by atoms with Crippen molar-refractivity contribution in [3.05, 3.63) is 12.3 Å². The lowest BCUT2D eigenvalue weighted by Gasteiger charge is -2.24. The van der Waals surface area contributed by atoms with Gasteiger partial charge in [0.1, 0.15) is 0 Å². The first-order valence-electron chi connectivity index (χ1n) is 5.49. The van der Waals surface area contributed by atoms with Gasteiger partial charge >= 0.3 is 0 Å². The topological polar surface area (TPSA) is 3.24 Å². The van der Waals surface area contributed by atoms with Gasteiger partial charge in [-0.2, -0.15) is 0 Å². The molecule has 0 aliphatic heterocycles. The molecule has 0 saturated carbocycles. The maximum absolute atomic E-state index is 4.13. The zero-order valence-electron chi connectivity index (χ0n) is 9.77. The molecule has 0 aromatic carbocycles. The second-order valence-corrected chi connectivity index (χ2v) is 3.99. The maximum Gasteiger partial charge on any atom is 0.00858 e. The molecule has 0 aliphatic carbocycles. The standard InChI is InChI=1S/C12H25N/c1-6-8-9-10-12(7-2)11(3)13(4)5/h12H,3,6-10H2,1-2,4-5H3. The van der Waals surface area contributed by atoms with E-state index in [-0.39, 0.29) is 0 Å². The molecule has 0 N–H and O–H groups in total. The van der Waals surface area contributed by atoms with Crippen LogP contribution in [0.2, 0.25) is 0 Å². The first kappa shape index (κ1) is 12.5. The number of nitrogens with zero attached hydrogens (tertiary/aromatic N) is 1. The largest absolute Gasteiger partial charge is 0.381 e. The predicted molar refractivity (Wildman–Crippen MR) is 60.8 cm³/mol. The Balaban J connectivity index is 3.81. The minimum absolute atomic E-state index is 0.696. The van der Waals surface area contributed by atoms with Crippen molar-refractivity contribution < 1.29 is 0 Å². The minimum atomic E-state index is 0.696. The fraction of sp³-hybridized carbons (Fsp3) is 0.833. The van der Waals surface area contributed by atoms with Crippen molar-refractivity contribution in [3.8, 4) is 0 Å². The van der Waals surface area contributed by atoms with Gasteiger partial charge in [-0.3, -0.25) is 0 Å². The molecular weight excluding hydrogens is 158 g/mol. The van der Waals surface area contributed by atoms with E-state index in [4.69, 9.17) is 0 Å². The normalized spacial score (nSPS) is 12.6. The molecule has 0 aliphatic rings. The summed E-state index contributed by atoms with van der Waals surface area (Å²) in [5.41, 5.74) is 1.29. The van der Waals surface area contributed by atoms with Gasteiger partial charge in [0.2, 0.25) is 0 Å². The molecule has 0 heterocycles. The van der Waals surface area contributed by atoms with Gasteiger partial charge in [0.15, 0.2) is 0 Å². The lowest BCUT2D eigenvalue weighted by Crippen LogP contribution is -2.17. The molecule has 0 bridgehead atoms. The molecule has 78 valence electrons. The molecule has 1 nitrogen and oxygen atoms in total. The summed E-state index contributed by atoms with van der Waals surface area (Å²) in [7, 11) is 4.18. The number of rotatable bonds is 7. The van der Waals surface area contributed by atoms with E-state index in [2.05, 4.69) is 39.4 Å². The number of allylic oxidation sites excluding steroid dienone is 1. The lowest BCUT2D eigenvalue weighted by atomic mass is 9.95. The van der Waals surface area contributed by atoms with E-state index in [1.54, 1.807) is 0 Å². The quantitative estimate of drug-likeness (QED) is 0.544. The molecule has 0 saturated heterocycles. The summed E-state index contributed by atoms with van der Waals surface area (Å²) in [6, 6.07) is 0. The van der Waals surface area contributed by atoms with Gasteiger partial charge in [-0.1, -0.05) is 39.7 Å². The van der Waals surface area contributed by atoms with E-state index < -0.39 is 0 Å². The first-order chi connectivity index (χ1) is 6.13. The van der Waals surface area contributed by atoms with Crippen LogP contribution >= 0.6 is 0 Å². The highest BCUT2D eigenvalue weighted by Crippen LogP contribution is 2.21. The Hall–Kier alpha value is -0.460. The average Bonchev–Trinajstić information content (AvgIpc) is 2.11. The molecule has 0 radical (unpaired) electrons. The molecule has 1 heteroatoms. The predicted octanol–water partition coefficient (Wildman–Crippen LogP) is 3.67. The molecule has 13 heavy (non-hydrogen) atoms. The fourth-order valence-electron chi connectivity index (χ4n) is 1.61. The zero-order valence-corrected chi connectivity index (χ0v) is 9.77. The molecule has 0 aromatic heterocycles. The van der Waals surface area contributed by atoms with Crippen molar-refractivity contribution in [1.29, 1.82) is 0 Å². The number of unbranched alkanes of at least 4 members (excludes halogenated alkanes) is 2. The van der Waals surface area contributed by atoms with E-state index in [9.17, 15) is 0 Å². The number of hydrogen-bond acceptors (Lipinski definition) is 1. The Morgan fingerprint density at radius 1 is 1.23 bits per heavy atom. The van der Waals surface area contributed by atoms with Gasteiger partial charge in [0.25, 0.3) is 0 Å². The lowest BCUT2D eigenvalue weighted by molar-refractivity contribution is 0.384. The van der Waals surface area contributed by atoms with Crippen LogP contribution in [0.1, 0.15) is 46.0 Å². The molecule has 0 rings (SSSR count). The minimum Gasteiger partial charge on any atom is -0.381 e. The van der Waals surface area contributed by atoms with Gasteiger partial charge < -0.3 is 4.90 Å². The summed E-state index contributed by atoms with van der Waals surface area (Å²) in [5.74, 6) is 0.696. The smallest absolute Gasteiger partial charge is 0.00858 e. The summed E-state index contributed by atoms with van der Waals surface area (Å²) >= 11 is 0. The van der Waals surface area contributed by atoms with Crippen molar-refractivity contribution in [3.63, 3.8) is 0 Å². The van der Waals surface area contributed by atoms with E-state index in [0.717, 1.165) is 0 Å². The molecular formula is C12H25N. The van der Waals surface area contributed by atoms with Crippen molar-refractivity contribution in [2.75, 3.05) is 14.1 Å². The van der Waals surface area contributed by atoms with Crippen LogP contribution < -0.4 is 0 Å². The van der Waals surface area contributed by atoms with E-state index >= 15 is 0 Å². The van der Waals surface area contributed by atoms with E-state index in [1.165, 1.54) is 37.8 Å². The zero-order chi connectivity index (χ0) is 10.3. The monoisotopic (exact) mass is 183 g/mol. The maximum atomic E-state index is 4.13. The average molecular weight is 183 g/mol. The summed E-state index contributed by atoms with van der Waals surface area (Å²) in [6.07, 6.45) is 6.55. The molecule has 0 aromatic rings. The van der Waals surface area contributed by atoms with Crippen LogP contribution in [-0.4, -0.2) is 19.0 Å². The SMILES string of the molecule is C=C(C(CC)CCCCC)N(C)C. The Morgan fingerprint density at radius 2 is 1.85 bits per heavy atom. The van der Waals surface area contributed by atoms with Crippen LogP contribution in [-0.2, 0) is 0 Å². The summed E-state index contributed by atoms with van der Waals surface area (Å²) in [6.45, 7) is 8.64. The van der Waals surface area contributed by atoms with Crippen LogP contribution in [0.4, 0.5) is 0 Å². The Bertz CT molecular complexity index is 138. The van der Waals surface area contributed by atoms with Crippen molar-refractivity contribution in [1.82, 2.24) is 4.90 Å². The Morgan fingerprint density at radius 3 is 2.23 bits per heavy atom. The summed E-state index contributed by atoms with van der Waals surface area (Å²) in [4.78, 5) is 2.15. The summed E-state index contributed by atoms with van der Waals surface area (Å²) < 4.78 is 0. The molecule has 1 atom stereocenters. The highest BCUT2D eigenvalue weighted by atomic mass is 15.1. The molecule has 0 spiro atoms. The highest BCUT2D eigenvalue weighted by Gasteiger charge is 2.10. The van der Waals surface area contributed by atoms with Gasteiger partial charge in [0, 0.05) is 19.8 Å². The Kier molecular flexibility index (Phi) is 6.75. The van der Waals surface area contributed by atoms with Gasteiger partial charge in [-0.05, 0) is 18.8 Å². The van der Waals surface area contributed by atoms with Crippen LogP contribution in [0.3, 0.4) is 0 Å².